The summed E-state index contributed by atoms with van der Waals surface area (Å²) in [6, 6.07) is -0.939. The van der Waals surface area contributed by atoms with Crippen molar-refractivity contribution >= 4 is 67.8 Å². The van der Waals surface area contributed by atoms with Crippen molar-refractivity contribution in [3.63, 3.8) is 0 Å². The van der Waals surface area contributed by atoms with E-state index in [1.54, 1.807) is 104 Å². The monoisotopic (exact) mass is 948 g/mol. The average molecular weight is 950 g/mol. The first kappa shape index (κ1) is 75.5. The second kappa shape index (κ2) is 37.7. The molecule has 0 spiro atoms. The molecule has 0 radical (unpaired) electrons. The molecule has 3 amide bonds. The Labute approximate surface area is 400 Å². The summed E-state index contributed by atoms with van der Waals surface area (Å²) in [6.07, 6.45) is -4.08. The number of nitrogens with zero attached hydrogens (tertiary/aromatic N) is 1. The van der Waals surface area contributed by atoms with Crippen molar-refractivity contribution < 1.29 is 98.7 Å². The van der Waals surface area contributed by atoms with Crippen LogP contribution in [0.2, 0.25) is 0 Å². The van der Waals surface area contributed by atoms with Crippen LogP contribution in [-0.4, -0.2) is 150 Å². The minimum Gasteiger partial charge on any atom is -1.00 e. The molecule has 0 saturated heterocycles. The van der Waals surface area contributed by atoms with E-state index in [2.05, 4.69) is 20.7 Å². The van der Waals surface area contributed by atoms with Gasteiger partial charge in [0.05, 0.1) is 19.3 Å². The van der Waals surface area contributed by atoms with E-state index in [0.29, 0.717) is 13.1 Å². The number of nitrogens with one attached hydrogen (secondary N) is 3. The largest absolute Gasteiger partial charge is 1.00 e. The minimum absolute atomic E-state index is 0. The number of rotatable bonds is 12. The molecule has 60 heavy (non-hydrogen) atoms. The van der Waals surface area contributed by atoms with Crippen molar-refractivity contribution in [2.45, 2.75) is 144 Å². The van der Waals surface area contributed by atoms with E-state index in [1.165, 1.54) is 4.90 Å². The van der Waals surface area contributed by atoms with Crippen LogP contribution >= 0.6 is 37.2 Å². The Morgan fingerprint density at radius 1 is 0.633 bits per heavy atom. The maximum atomic E-state index is 12.6. The molecule has 0 aromatic carbocycles. The number of carbonyl (C=O) groups is 5. The van der Waals surface area contributed by atoms with Crippen LogP contribution in [0.15, 0.2) is 0 Å². The second-order valence-electron chi connectivity index (χ2n) is 16.8. The Balaban J connectivity index is -0.000000105. The van der Waals surface area contributed by atoms with Crippen LogP contribution in [0.5, 0.6) is 0 Å². The zero-order valence-corrected chi connectivity index (χ0v) is 43.4. The standard InChI is InChI=1S/C20H39N3O7.C10H18O5.C5H15N3O.CH4O.3ClH.Na.H/c1-18(2,3)28-15(25)21-10-11-23(17(27)30-20(7,8)9)12-14(13-24)22-16(26)29-19(4,5)6;1-9(2,3)14-7(11)13-8(12)15-10(4,5)6;6-1-2-8-3-5(7)4-9;1-2;;;;;/h14,24H,10-13H2,1-9H3,(H,21,25)(H,22,26);1-6H3;5,8-9H,1-4,6-7H2;2H,1H3;3*1H;;/q;;;;;;;+1;-1. The van der Waals surface area contributed by atoms with Gasteiger partial charge in [0.15, 0.2) is 0 Å². The molecule has 0 rings (SSSR count). The first-order chi connectivity index (χ1) is 25.2. The normalized spacial score (nSPS) is 11.7. The van der Waals surface area contributed by atoms with Gasteiger partial charge in [-0.2, -0.15) is 0 Å². The Hall–Kier alpha value is -1.82. The Kier molecular flexibility index (Phi) is 47.5. The fraction of sp³-hybridized carbons (Fsp3) is 0.861. The van der Waals surface area contributed by atoms with Crippen LogP contribution in [0.3, 0.4) is 0 Å². The number of amides is 3. The Morgan fingerprint density at radius 3 is 1.35 bits per heavy atom. The van der Waals surface area contributed by atoms with Crippen LogP contribution in [0.1, 0.15) is 105 Å². The number of nitrogens with two attached hydrogens (primary N) is 2. The van der Waals surface area contributed by atoms with Crippen LogP contribution in [-0.2, 0) is 28.4 Å². The van der Waals surface area contributed by atoms with Gasteiger partial charge in [0.2, 0.25) is 0 Å². The van der Waals surface area contributed by atoms with Crippen molar-refractivity contribution in [2.75, 3.05) is 59.6 Å². The number of aliphatic hydroxyl groups is 3. The number of aliphatic hydroxyl groups excluding tert-OH is 3. The van der Waals surface area contributed by atoms with Gasteiger partial charge >= 0.3 is 60.1 Å². The summed E-state index contributed by atoms with van der Waals surface area (Å²) in [7, 11) is 1.00. The molecule has 0 aromatic rings. The van der Waals surface area contributed by atoms with Crippen molar-refractivity contribution in [2.24, 2.45) is 11.5 Å². The summed E-state index contributed by atoms with van der Waals surface area (Å²) < 4.78 is 29.5. The fourth-order valence-corrected chi connectivity index (χ4v) is 3.14. The second-order valence-corrected chi connectivity index (χ2v) is 16.8. The van der Waals surface area contributed by atoms with Gasteiger partial charge in [0.25, 0.3) is 0 Å². The van der Waals surface area contributed by atoms with E-state index in [1.807, 2.05) is 0 Å². The molecular weight excluding hydrogens is 870 g/mol. The molecule has 10 N–H and O–H groups in total. The van der Waals surface area contributed by atoms with Gasteiger partial charge in [-0.3, -0.25) is 0 Å². The maximum Gasteiger partial charge on any atom is 1.00 e. The first-order valence-corrected chi connectivity index (χ1v) is 18.1. The van der Waals surface area contributed by atoms with Gasteiger partial charge < -0.3 is 77.5 Å². The Bertz CT molecular complexity index is 1110. The van der Waals surface area contributed by atoms with Crippen molar-refractivity contribution in [1.82, 2.24) is 20.9 Å². The van der Waals surface area contributed by atoms with Crippen molar-refractivity contribution in [3.05, 3.63) is 0 Å². The molecule has 2 unspecified atom stereocenters. The summed E-state index contributed by atoms with van der Waals surface area (Å²) in [4.78, 5) is 59.7. The predicted octanol–water partition coefficient (Wildman–Crippen LogP) is 1.35. The third-order valence-electron chi connectivity index (χ3n) is 4.99. The van der Waals surface area contributed by atoms with E-state index >= 15 is 0 Å². The van der Waals surface area contributed by atoms with Gasteiger partial charge in [0.1, 0.15) is 28.0 Å². The summed E-state index contributed by atoms with van der Waals surface area (Å²) in [5.74, 6) is 0. The van der Waals surface area contributed by atoms with Gasteiger partial charge in [-0.05, 0) is 104 Å². The van der Waals surface area contributed by atoms with Crippen molar-refractivity contribution in [1.29, 1.82) is 0 Å². The van der Waals surface area contributed by atoms with Crippen LogP contribution in [0.4, 0.5) is 24.0 Å². The minimum atomic E-state index is -1.06. The zero-order valence-electron chi connectivity index (χ0n) is 40.0. The van der Waals surface area contributed by atoms with Crippen LogP contribution in [0.25, 0.3) is 0 Å². The number of hydrogen-bond acceptors (Lipinski definition) is 17. The topological polar surface area (TPSA) is 293 Å². The number of halogens is 3. The zero-order chi connectivity index (χ0) is 45.1. The molecule has 360 valence electrons. The molecule has 0 fully saturated rings. The van der Waals surface area contributed by atoms with E-state index in [9.17, 15) is 29.1 Å². The van der Waals surface area contributed by atoms with E-state index < -0.39 is 71.2 Å². The molecule has 2 atom stereocenters. The van der Waals surface area contributed by atoms with Crippen LogP contribution in [0, 0.1) is 0 Å². The average Bonchev–Trinajstić information content (AvgIpc) is 2.97. The third kappa shape index (κ3) is 58.3. The number of carbonyl (C=O) groups excluding carboxylic acids is 5. The van der Waals surface area contributed by atoms with E-state index in [-0.39, 0.29) is 100 Å². The van der Waals surface area contributed by atoms with Gasteiger partial charge in [0, 0.05) is 52.4 Å². The molecule has 20 nitrogen and oxygen atoms in total. The molecule has 0 bridgehead atoms. The van der Waals surface area contributed by atoms with E-state index in [4.69, 9.17) is 45.4 Å². The van der Waals surface area contributed by atoms with Gasteiger partial charge in [-0.25, -0.2) is 24.0 Å². The van der Waals surface area contributed by atoms with E-state index in [0.717, 1.165) is 13.7 Å². The smallest absolute Gasteiger partial charge is 1.00 e. The number of hydrogen-bond donors (Lipinski definition) is 8. The fourth-order valence-electron chi connectivity index (χ4n) is 3.14. The molecule has 0 aliphatic carbocycles. The summed E-state index contributed by atoms with van der Waals surface area (Å²) >= 11 is 0. The summed E-state index contributed by atoms with van der Waals surface area (Å²) in [6.45, 7) is 27.3. The third-order valence-corrected chi connectivity index (χ3v) is 4.99. The summed E-state index contributed by atoms with van der Waals surface area (Å²) in [5.41, 5.74) is 7.08. The number of alkyl carbamates (subject to hydrolysis) is 2. The molecular formula is C36H80Cl3N6NaO14. The maximum absolute atomic E-state index is 12.6. The molecule has 0 aromatic heterocycles. The van der Waals surface area contributed by atoms with Gasteiger partial charge in [-0.15, -0.1) is 37.2 Å². The number of ether oxygens (including phenoxy) is 6. The molecule has 0 aliphatic rings. The molecule has 24 heteroatoms. The molecule has 0 saturated carbocycles. The van der Waals surface area contributed by atoms with Crippen LogP contribution < -0.4 is 57.0 Å². The summed E-state index contributed by atoms with van der Waals surface area (Å²) in [5, 5.41) is 33.1. The molecule has 0 heterocycles. The van der Waals surface area contributed by atoms with Gasteiger partial charge in [-0.1, -0.05) is 0 Å². The predicted molar refractivity (Wildman–Crippen MR) is 234 cm³/mol. The Morgan fingerprint density at radius 2 is 1.02 bits per heavy atom. The quantitative estimate of drug-likeness (QED) is 0.0450. The first-order valence-electron chi connectivity index (χ1n) is 18.1. The van der Waals surface area contributed by atoms with Crippen molar-refractivity contribution in [3.8, 4) is 0 Å². The SMILES string of the molecule is CC(C)(C)OC(=O)NCCN(CC(CO)NC(=O)OC(C)(C)C)C(=O)OC(C)(C)C.CC(C)(C)OC(=O)OC(=O)OC(C)(C)C.CO.Cl.Cl.Cl.NCCNCC(N)CO.[H-].[Na+]. The molecule has 0 aliphatic heterocycles.